The maximum absolute atomic E-state index is 2.54. The Hall–Kier alpha value is -0.660. The van der Waals surface area contributed by atoms with Crippen molar-refractivity contribution in [1.82, 2.24) is 9.80 Å². The Balaban J connectivity index is 2.01. The molecule has 0 fully saturated rings. The zero-order chi connectivity index (χ0) is 16.0. The summed E-state index contributed by atoms with van der Waals surface area (Å²) in [5.74, 6) is 0. The van der Waals surface area contributed by atoms with E-state index in [4.69, 9.17) is 0 Å². The molecule has 0 aliphatic carbocycles. The van der Waals surface area contributed by atoms with E-state index in [2.05, 4.69) is 43.0 Å². The topological polar surface area (TPSA) is 6.48 Å². The first-order valence-electron chi connectivity index (χ1n) is 10.0. The van der Waals surface area contributed by atoms with E-state index in [0.29, 0.717) is 6.17 Å². The molecule has 22 heavy (non-hydrogen) atoms. The number of hydrogen-bond acceptors (Lipinski definition) is 2. The van der Waals surface area contributed by atoms with Gasteiger partial charge in [-0.2, -0.15) is 0 Å². The monoisotopic (exact) mass is 308 g/mol. The van der Waals surface area contributed by atoms with Crippen LogP contribution in [0.4, 0.5) is 0 Å². The highest BCUT2D eigenvalue weighted by atomic mass is 15.4. The lowest BCUT2D eigenvalue weighted by Gasteiger charge is -2.32. The average Bonchev–Trinajstić information content (AvgIpc) is 2.91. The summed E-state index contributed by atoms with van der Waals surface area (Å²) in [5.41, 5.74) is 0. The van der Waals surface area contributed by atoms with Gasteiger partial charge in [-0.3, -0.25) is 0 Å². The Morgan fingerprint density at radius 3 is 1.73 bits per heavy atom. The second kappa shape index (κ2) is 12.8. The highest BCUT2D eigenvalue weighted by Crippen LogP contribution is 2.21. The van der Waals surface area contributed by atoms with Crippen LogP contribution >= 0.6 is 0 Å². The second-order valence-electron chi connectivity index (χ2n) is 6.82. The molecular formula is C20H40N2. The lowest BCUT2D eigenvalue weighted by atomic mass is 10.0. The van der Waals surface area contributed by atoms with Crippen molar-refractivity contribution in [3.05, 3.63) is 12.4 Å². The summed E-state index contributed by atoms with van der Waals surface area (Å²) in [6, 6.07) is 0. The molecule has 1 heterocycles. The summed E-state index contributed by atoms with van der Waals surface area (Å²) in [4.78, 5) is 5.04. The fourth-order valence-corrected chi connectivity index (χ4v) is 3.50. The van der Waals surface area contributed by atoms with Gasteiger partial charge < -0.3 is 9.80 Å². The first-order chi connectivity index (χ1) is 10.8. The van der Waals surface area contributed by atoms with Gasteiger partial charge in [-0.05, 0) is 26.2 Å². The van der Waals surface area contributed by atoms with E-state index in [1.165, 1.54) is 83.6 Å². The molecule has 1 aliphatic heterocycles. The van der Waals surface area contributed by atoms with Crippen molar-refractivity contribution in [3.8, 4) is 0 Å². The molecule has 1 rings (SSSR count). The summed E-state index contributed by atoms with van der Waals surface area (Å²) in [5, 5.41) is 0. The third-order valence-electron chi connectivity index (χ3n) is 4.88. The molecule has 1 aliphatic rings. The van der Waals surface area contributed by atoms with Gasteiger partial charge in [-0.15, -0.1) is 0 Å². The Labute approximate surface area is 139 Å². The molecule has 0 aromatic carbocycles. The van der Waals surface area contributed by atoms with Crippen LogP contribution in [0, 0.1) is 0 Å². The van der Waals surface area contributed by atoms with Crippen LogP contribution in [0.15, 0.2) is 12.4 Å². The summed E-state index contributed by atoms with van der Waals surface area (Å²) >= 11 is 0. The SMILES string of the molecule is CCCCCCCCCCCCC1N(CC)C=CN1CCC. The maximum Gasteiger partial charge on any atom is 0.101 e. The van der Waals surface area contributed by atoms with E-state index in [1.54, 1.807) is 0 Å². The molecule has 0 saturated carbocycles. The van der Waals surface area contributed by atoms with Gasteiger partial charge in [0.1, 0.15) is 6.17 Å². The second-order valence-corrected chi connectivity index (χ2v) is 6.82. The van der Waals surface area contributed by atoms with Crippen LogP contribution in [0.2, 0.25) is 0 Å². The largest absolute Gasteiger partial charge is 0.356 e. The summed E-state index contributed by atoms with van der Waals surface area (Å²) in [6.07, 6.45) is 22.1. The van der Waals surface area contributed by atoms with Gasteiger partial charge in [0.2, 0.25) is 0 Å². The first-order valence-corrected chi connectivity index (χ1v) is 10.0. The molecule has 0 aromatic rings. The molecule has 1 atom stereocenters. The van der Waals surface area contributed by atoms with Crippen LogP contribution in [0.25, 0.3) is 0 Å². The Morgan fingerprint density at radius 2 is 1.18 bits per heavy atom. The first kappa shape index (κ1) is 19.4. The normalized spacial score (nSPS) is 17.7. The summed E-state index contributed by atoms with van der Waals surface area (Å²) in [7, 11) is 0. The zero-order valence-electron chi connectivity index (χ0n) is 15.5. The van der Waals surface area contributed by atoms with E-state index >= 15 is 0 Å². The lowest BCUT2D eigenvalue weighted by Crippen LogP contribution is -2.38. The van der Waals surface area contributed by atoms with Gasteiger partial charge in [0.05, 0.1) is 0 Å². The number of hydrogen-bond donors (Lipinski definition) is 0. The van der Waals surface area contributed by atoms with Crippen LogP contribution in [-0.4, -0.2) is 29.1 Å². The van der Waals surface area contributed by atoms with Crippen LogP contribution in [-0.2, 0) is 0 Å². The van der Waals surface area contributed by atoms with Gasteiger partial charge in [0.15, 0.2) is 0 Å². The molecule has 2 nitrogen and oxygen atoms in total. The minimum Gasteiger partial charge on any atom is -0.356 e. The van der Waals surface area contributed by atoms with E-state index in [9.17, 15) is 0 Å². The molecule has 130 valence electrons. The molecule has 2 heteroatoms. The van der Waals surface area contributed by atoms with Crippen molar-refractivity contribution >= 4 is 0 Å². The Kier molecular flexibility index (Phi) is 11.3. The molecule has 0 spiro atoms. The maximum atomic E-state index is 2.54. The molecular weight excluding hydrogens is 268 g/mol. The average molecular weight is 309 g/mol. The van der Waals surface area contributed by atoms with Crippen LogP contribution in [0.1, 0.15) is 97.8 Å². The van der Waals surface area contributed by atoms with Gasteiger partial charge in [0, 0.05) is 25.5 Å². The minimum absolute atomic E-state index is 0.638. The van der Waals surface area contributed by atoms with E-state index in [0.717, 1.165) is 6.54 Å². The quantitative estimate of drug-likeness (QED) is 0.355. The molecule has 0 saturated heterocycles. The van der Waals surface area contributed by atoms with Gasteiger partial charge in [0.25, 0.3) is 0 Å². The predicted octanol–water partition coefficient (Wildman–Crippen LogP) is 6.14. The van der Waals surface area contributed by atoms with Crippen LogP contribution in [0.5, 0.6) is 0 Å². The minimum atomic E-state index is 0.638. The van der Waals surface area contributed by atoms with Crippen molar-refractivity contribution in [2.75, 3.05) is 13.1 Å². The third kappa shape index (κ3) is 7.56. The van der Waals surface area contributed by atoms with Crippen LogP contribution in [0.3, 0.4) is 0 Å². The van der Waals surface area contributed by atoms with Gasteiger partial charge in [-0.1, -0.05) is 71.6 Å². The number of rotatable bonds is 14. The van der Waals surface area contributed by atoms with Gasteiger partial charge in [-0.25, -0.2) is 0 Å². The zero-order valence-corrected chi connectivity index (χ0v) is 15.5. The predicted molar refractivity (Wildman–Crippen MR) is 98.8 cm³/mol. The van der Waals surface area contributed by atoms with Crippen molar-refractivity contribution in [3.63, 3.8) is 0 Å². The van der Waals surface area contributed by atoms with Crippen molar-refractivity contribution in [2.45, 2.75) is 104 Å². The summed E-state index contributed by atoms with van der Waals surface area (Å²) in [6.45, 7) is 9.18. The van der Waals surface area contributed by atoms with Crippen molar-refractivity contribution < 1.29 is 0 Å². The van der Waals surface area contributed by atoms with E-state index in [-0.39, 0.29) is 0 Å². The fourth-order valence-electron chi connectivity index (χ4n) is 3.50. The molecule has 1 unspecified atom stereocenters. The van der Waals surface area contributed by atoms with Crippen molar-refractivity contribution in [2.24, 2.45) is 0 Å². The highest BCUT2D eigenvalue weighted by molar-refractivity contribution is 4.96. The molecule has 0 N–H and O–H groups in total. The smallest absolute Gasteiger partial charge is 0.101 e. The number of nitrogens with zero attached hydrogens (tertiary/aromatic N) is 2. The standard InChI is InChI=1S/C20H40N2/c1-4-7-8-9-10-11-12-13-14-15-16-20-21(6-3)18-19-22(20)17-5-2/h18-20H,4-17H2,1-3H3. The molecule has 0 amide bonds. The van der Waals surface area contributed by atoms with Crippen molar-refractivity contribution in [1.29, 1.82) is 0 Å². The highest BCUT2D eigenvalue weighted by Gasteiger charge is 2.23. The third-order valence-corrected chi connectivity index (χ3v) is 4.88. The van der Waals surface area contributed by atoms with E-state index in [1.807, 2.05) is 0 Å². The summed E-state index contributed by atoms with van der Waals surface area (Å²) < 4.78 is 0. The van der Waals surface area contributed by atoms with E-state index < -0.39 is 0 Å². The molecule has 0 radical (unpaired) electrons. The number of unbranched alkanes of at least 4 members (excludes halogenated alkanes) is 9. The Bertz CT molecular complexity index is 275. The molecule has 0 aromatic heterocycles. The lowest BCUT2D eigenvalue weighted by molar-refractivity contribution is 0.144. The van der Waals surface area contributed by atoms with Crippen LogP contribution < -0.4 is 0 Å². The Morgan fingerprint density at radius 1 is 0.636 bits per heavy atom. The molecule has 0 bridgehead atoms. The van der Waals surface area contributed by atoms with Gasteiger partial charge >= 0.3 is 0 Å². The fraction of sp³-hybridized carbons (Fsp3) is 0.900.